The highest BCUT2D eigenvalue weighted by molar-refractivity contribution is 9.10. The summed E-state index contributed by atoms with van der Waals surface area (Å²) in [7, 11) is 0. The molecule has 1 aromatic heterocycles. The van der Waals surface area contributed by atoms with Crippen molar-refractivity contribution in [1.29, 1.82) is 0 Å². The SMILES string of the molecule is Clc1cc2cc(Br)cnc2cc1Cl. The number of halogens is 3. The summed E-state index contributed by atoms with van der Waals surface area (Å²) < 4.78 is 0.929. The fraction of sp³-hybridized carbons (Fsp3) is 0. The lowest BCUT2D eigenvalue weighted by Gasteiger charge is -2.00. The van der Waals surface area contributed by atoms with Gasteiger partial charge in [-0.25, -0.2) is 0 Å². The summed E-state index contributed by atoms with van der Waals surface area (Å²) in [5.74, 6) is 0. The lowest BCUT2D eigenvalue weighted by Crippen LogP contribution is -1.79. The largest absolute Gasteiger partial charge is 0.255 e. The minimum absolute atomic E-state index is 0.531. The van der Waals surface area contributed by atoms with Gasteiger partial charge >= 0.3 is 0 Å². The smallest absolute Gasteiger partial charge is 0.0718 e. The molecule has 0 bridgehead atoms. The van der Waals surface area contributed by atoms with Crippen molar-refractivity contribution in [3.05, 3.63) is 38.9 Å². The molecule has 0 amide bonds. The highest BCUT2D eigenvalue weighted by Crippen LogP contribution is 2.27. The van der Waals surface area contributed by atoms with Gasteiger partial charge in [0.25, 0.3) is 0 Å². The van der Waals surface area contributed by atoms with Crippen LogP contribution in [0.15, 0.2) is 28.9 Å². The van der Waals surface area contributed by atoms with E-state index in [0.717, 1.165) is 15.4 Å². The van der Waals surface area contributed by atoms with E-state index in [9.17, 15) is 0 Å². The number of benzene rings is 1. The molecule has 0 aliphatic heterocycles. The van der Waals surface area contributed by atoms with E-state index in [1.54, 1.807) is 18.3 Å². The molecule has 0 saturated carbocycles. The molecular formula is C9H4BrCl2N. The summed E-state index contributed by atoms with van der Waals surface area (Å²) in [5, 5.41) is 2.06. The van der Waals surface area contributed by atoms with E-state index in [1.165, 1.54) is 0 Å². The molecule has 4 heteroatoms. The maximum absolute atomic E-state index is 5.86. The van der Waals surface area contributed by atoms with Crippen LogP contribution in [0.4, 0.5) is 0 Å². The van der Waals surface area contributed by atoms with Crippen molar-refractivity contribution in [3.8, 4) is 0 Å². The van der Waals surface area contributed by atoms with Crippen LogP contribution in [0, 0.1) is 0 Å². The zero-order valence-electron chi connectivity index (χ0n) is 6.39. The normalized spacial score (nSPS) is 10.7. The van der Waals surface area contributed by atoms with Crippen molar-refractivity contribution >= 4 is 50.0 Å². The minimum atomic E-state index is 0.531. The molecule has 0 fully saturated rings. The van der Waals surface area contributed by atoms with E-state index in [0.29, 0.717) is 10.0 Å². The second-order valence-corrected chi connectivity index (χ2v) is 4.34. The Balaban J connectivity index is 2.81. The first-order chi connectivity index (χ1) is 6.16. The molecule has 0 spiro atoms. The molecule has 1 aromatic carbocycles. The van der Waals surface area contributed by atoms with Crippen LogP contribution in [-0.4, -0.2) is 4.98 Å². The van der Waals surface area contributed by atoms with Crippen LogP contribution >= 0.6 is 39.1 Å². The summed E-state index contributed by atoms with van der Waals surface area (Å²) in [6, 6.07) is 5.51. The van der Waals surface area contributed by atoms with Gasteiger partial charge in [-0.05, 0) is 34.1 Å². The molecule has 0 radical (unpaired) electrons. The average Bonchev–Trinajstić information content (AvgIpc) is 2.08. The fourth-order valence-electron chi connectivity index (χ4n) is 1.10. The van der Waals surface area contributed by atoms with Gasteiger partial charge in [0.05, 0.1) is 15.6 Å². The Morgan fingerprint density at radius 2 is 1.77 bits per heavy atom. The number of pyridine rings is 1. The van der Waals surface area contributed by atoms with Gasteiger partial charge in [0.2, 0.25) is 0 Å². The van der Waals surface area contributed by atoms with Crippen molar-refractivity contribution in [2.75, 3.05) is 0 Å². The Labute approximate surface area is 93.8 Å². The Kier molecular flexibility index (Phi) is 2.45. The second kappa shape index (κ2) is 3.45. The van der Waals surface area contributed by atoms with Crippen molar-refractivity contribution < 1.29 is 0 Å². The Morgan fingerprint density at radius 3 is 2.54 bits per heavy atom. The maximum Gasteiger partial charge on any atom is 0.0718 e. The molecule has 0 N–H and O–H groups in total. The van der Waals surface area contributed by atoms with Gasteiger partial charge in [-0.15, -0.1) is 0 Å². The van der Waals surface area contributed by atoms with E-state index in [4.69, 9.17) is 23.2 Å². The molecule has 1 heterocycles. The zero-order chi connectivity index (χ0) is 9.42. The van der Waals surface area contributed by atoms with E-state index >= 15 is 0 Å². The predicted molar refractivity (Wildman–Crippen MR) is 59.5 cm³/mol. The summed E-state index contributed by atoms with van der Waals surface area (Å²) in [4.78, 5) is 4.19. The van der Waals surface area contributed by atoms with Crippen molar-refractivity contribution in [1.82, 2.24) is 4.98 Å². The van der Waals surface area contributed by atoms with Crippen LogP contribution in [0.2, 0.25) is 10.0 Å². The highest BCUT2D eigenvalue weighted by atomic mass is 79.9. The molecule has 66 valence electrons. The predicted octanol–water partition coefficient (Wildman–Crippen LogP) is 4.30. The summed E-state index contributed by atoms with van der Waals surface area (Å²) in [6.45, 7) is 0. The molecule has 0 atom stereocenters. The van der Waals surface area contributed by atoms with Crippen LogP contribution in [0.1, 0.15) is 0 Å². The molecule has 0 unspecified atom stereocenters. The van der Waals surface area contributed by atoms with E-state index in [-0.39, 0.29) is 0 Å². The molecule has 0 saturated heterocycles. The fourth-order valence-corrected chi connectivity index (χ4v) is 1.78. The Bertz CT molecular complexity index is 470. The number of hydrogen-bond acceptors (Lipinski definition) is 1. The van der Waals surface area contributed by atoms with Gasteiger partial charge in [0, 0.05) is 16.1 Å². The molecule has 13 heavy (non-hydrogen) atoms. The third-order valence-electron chi connectivity index (χ3n) is 1.69. The molecule has 1 nitrogen and oxygen atoms in total. The van der Waals surface area contributed by atoms with Crippen LogP contribution in [-0.2, 0) is 0 Å². The first-order valence-corrected chi connectivity index (χ1v) is 5.12. The second-order valence-electron chi connectivity index (χ2n) is 2.61. The van der Waals surface area contributed by atoms with Gasteiger partial charge in [-0.2, -0.15) is 0 Å². The molecule has 2 rings (SSSR count). The van der Waals surface area contributed by atoms with Crippen molar-refractivity contribution in [2.24, 2.45) is 0 Å². The summed E-state index contributed by atoms with van der Waals surface area (Å²) >= 11 is 15.0. The van der Waals surface area contributed by atoms with Crippen LogP contribution in [0.25, 0.3) is 10.9 Å². The summed E-state index contributed by atoms with van der Waals surface area (Å²) in [5.41, 5.74) is 0.845. The Hall–Kier alpha value is -0.310. The van der Waals surface area contributed by atoms with Gasteiger partial charge in [-0.3, -0.25) is 4.98 Å². The summed E-state index contributed by atoms with van der Waals surface area (Å²) in [6.07, 6.45) is 1.73. The van der Waals surface area contributed by atoms with E-state index in [2.05, 4.69) is 20.9 Å². The van der Waals surface area contributed by atoms with Crippen LogP contribution < -0.4 is 0 Å². The van der Waals surface area contributed by atoms with Gasteiger partial charge in [-0.1, -0.05) is 23.2 Å². The van der Waals surface area contributed by atoms with E-state index in [1.807, 2.05) is 6.07 Å². The molecular weight excluding hydrogens is 273 g/mol. The average molecular weight is 277 g/mol. The minimum Gasteiger partial charge on any atom is -0.255 e. The number of aromatic nitrogens is 1. The maximum atomic E-state index is 5.86. The highest BCUT2D eigenvalue weighted by Gasteiger charge is 2.01. The molecule has 2 aromatic rings. The van der Waals surface area contributed by atoms with Crippen LogP contribution in [0.3, 0.4) is 0 Å². The lowest BCUT2D eigenvalue weighted by molar-refractivity contribution is 1.39. The first kappa shape index (κ1) is 9.25. The number of nitrogens with zero attached hydrogens (tertiary/aromatic N) is 1. The third-order valence-corrected chi connectivity index (χ3v) is 2.85. The quantitative estimate of drug-likeness (QED) is 0.699. The number of fused-ring (bicyclic) bond motifs is 1. The lowest BCUT2D eigenvalue weighted by atomic mass is 10.2. The number of hydrogen-bond donors (Lipinski definition) is 0. The van der Waals surface area contributed by atoms with Crippen molar-refractivity contribution in [3.63, 3.8) is 0 Å². The first-order valence-electron chi connectivity index (χ1n) is 3.57. The molecule has 0 aliphatic rings. The topological polar surface area (TPSA) is 12.9 Å². The van der Waals surface area contributed by atoms with Crippen LogP contribution in [0.5, 0.6) is 0 Å². The van der Waals surface area contributed by atoms with E-state index < -0.39 is 0 Å². The third kappa shape index (κ3) is 1.80. The van der Waals surface area contributed by atoms with Gasteiger partial charge in [0.1, 0.15) is 0 Å². The zero-order valence-corrected chi connectivity index (χ0v) is 9.49. The Morgan fingerprint density at radius 1 is 1.08 bits per heavy atom. The van der Waals surface area contributed by atoms with Gasteiger partial charge in [0.15, 0.2) is 0 Å². The standard InChI is InChI=1S/C9H4BrCl2N/c10-6-1-5-2-7(11)8(12)3-9(5)13-4-6/h1-4H. The number of rotatable bonds is 0. The monoisotopic (exact) mass is 275 g/mol. The molecule has 0 aliphatic carbocycles. The van der Waals surface area contributed by atoms with Gasteiger partial charge < -0.3 is 0 Å². The van der Waals surface area contributed by atoms with Crippen molar-refractivity contribution in [2.45, 2.75) is 0 Å².